The van der Waals surface area contributed by atoms with E-state index in [9.17, 15) is 0 Å². The van der Waals surface area contributed by atoms with Gasteiger partial charge in [-0.2, -0.15) is 0 Å². The van der Waals surface area contributed by atoms with Crippen LogP contribution in [-0.4, -0.2) is 18.0 Å². The molecule has 0 aliphatic heterocycles. The second kappa shape index (κ2) is 5.82. The van der Waals surface area contributed by atoms with Crippen molar-refractivity contribution in [2.75, 3.05) is 13.1 Å². The summed E-state index contributed by atoms with van der Waals surface area (Å²) in [5.41, 5.74) is 1.39. The van der Waals surface area contributed by atoms with E-state index in [1.807, 2.05) is 0 Å². The lowest BCUT2D eigenvalue weighted by molar-refractivity contribution is 0.244. The van der Waals surface area contributed by atoms with Crippen LogP contribution in [0.15, 0.2) is 30.3 Å². The summed E-state index contributed by atoms with van der Waals surface area (Å²) in [6, 6.07) is 11.1. The van der Waals surface area contributed by atoms with Crippen molar-refractivity contribution in [1.29, 1.82) is 0 Å². The van der Waals surface area contributed by atoms with E-state index >= 15 is 0 Å². The van der Waals surface area contributed by atoms with Crippen molar-refractivity contribution in [3.8, 4) is 0 Å². The van der Waals surface area contributed by atoms with Crippen LogP contribution >= 0.6 is 0 Å². The van der Waals surface area contributed by atoms with Crippen LogP contribution in [0.3, 0.4) is 0 Å². The van der Waals surface area contributed by atoms with Gasteiger partial charge in [-0.3, -0.25) is 4.90 Å². The molecular formula is C13H20N. The highest BCUT2D eigenvalue weighted by atomic mass is 15.1. The standard InChI is InChI=1S/C13H20N/c1-4-13(14(5-2)6-3)12-10-8-7-9-11-12/h4,7-11,13H,5-6H2,1-3H3. The molecule has 1 radical (unpaired) electrons. The average Bonchev–Trinajstić information content (AvgIpc) is 2.27. The van der Waals surface area contributed by atoms with Gasteiger partial charge in [0, 0.05) is 6.04 Å². The Balaban J connectivity index is 2.81. The van der Waals surface area contributed by atoms with Crippen LogP contribution in [0.4, 0.5) is 0 Å². The maximum absolute atomic E-state index is 2.45. The van der Waals surface area contributed by atoms with Gasteiger partial charge >= 0.3 is 0 Å². The van der Waals surface area contributed by atoms with Gasteiger partial charge in [0.2, 0.25) is 0 Å². The molecule has 0 fully saturated rings. The Morgan fingerprint density at radius 1 is 1.14 bits per heavy atom. The monoisotopic (exact) mass is 190 g/mol. The summed E-state index contributed by atoms with van der Waals surface area (Å²) < 4.78 is 0. The summed E-state index contributed by atoms with van der Waals surface area (Å²) in [5.74, 6) is 0. The first kappa shape index (κ1) is 11.3. The summed E-state index contributed by atoms with van der Waals surface area (Å²) in [7, 11) is 0. The molecule has 1 atom stereocenters. The van der Waals surface area contributed by atoms with Gasteiger partial charge in [0.1, 0.15) is 0 Å². The summed E-state index contributed by atoms with van der Waals surface area (Å²) in [4.78, 5) is 2.45. The van der Waals surface area contributed by atoms with Crippen molar-refractivity contribution in [2.45, 2.75) is 26.8 Å². The fourth-order valence-electron chi connectivity index (χ4n) is 1.88. The smallest absolute Gasteiger partial charge is 0.0376 e. The highest BCUT2D eigenvalue weighted by molar-refractivity contribution is 5.21. The third-order valence-electron chi connectivity index (χ3n) is 2.66. The number of hydrogen-bond acceptors (Lipinski definition) is 1. The molecule has 0 aliphatic rings. The Hall–Kier alpha value is -0.820. The Labute approximate surface area is 87.7 Å². The predicted molar refractivity (Wildman–Crippen MR) is 62.1 cm³/mol. The topological polar surface area (TPSA) is 3.24 Å². The molecule has 1 unspecified atom stereocenters. The molecule has 14 heavy (non-hydrogen) atoms. The minimum Gasteiger partial charge on any atom is -0.297 e. The maximum atomic E-state index is 2.45. The first-order chi connectivity index (χ1) is 6.83. The SMILES string of the molecule is C[CH]C(c1ccccc1)N(CC)CC. The molecule has 1 rings (SSSR count). The maximum Gasteiger partial charge on any atom is 0.0376 e. The van der Waals surface area contributed by atoms with Gasteiger partial charge in [-0.1, -0.05) is 51.1 Å². The summed E-state index contributed by atoms with van der Waals surface area (Å²) in [6.45, 7) is 8.75. The van der Waals surface area contributed by atoms with Gasteiger partial charge in [0.05, 0.1) is 0 Å². The molecule has 0 bridgehead atoms. The molecule has 0 heterocycles. The number of rotatable bonds is 5. The van der Waals surface area contributed by atoms with E-state index in [1.165, 1.54) is 5.56 Å². The Bertz CT molecular complexity index is 239. The largest absolute Gasteiger partial charge is 0.297 e. The zero-order valence-electron chi connectivity index (χ0n) is 9.40. The van der Waals surface area contributed by atoms with Crippen molar-refractivity contribution < 1.29 is 0 Å². The Morgan fingerprint density at radius 3 is 2.14 bits per heavy atom. The van der Waals surface area contributed by atoms with E-state index in [1.54, 1.807) is 0 Å². The van der Waals surface area contributed by atoms with E-state index in [-0.39, 0.29) is 0 Å². The van der Waals surface area contributed by atoms with E-state index in [4.69, 9.17) is 0 Å². The average molecular weight is 190 g/mol. The highest BCUT2D eigenvalue weighted by Gasteiger charge is 2.14. The first-order valence-corrected chi connectivity index (χ1v) is 5.41. The van der Waals surface area contributed by atoms with Crippen LogP contribution in [0.2, 0.25) is 0 Å². The van der Waals surface area contributed by atoms with Crippen molar-refractivity contribution in [3.63, 3.8) is 0 Å². The van der Waals surface area contributed by atoms with Crippen LogP contribution in [0, 0.1) is 6.42 Å². The zero-order valence-corrected chi connectivity index (χ0v) is 9.40. The van der Waals surface area contributed by atoms with Crippen molar-refractivity contribution >= 4 is 0 Å². The molecule has 0 saturated carbocycles. The van der Waals surface area contributed by atoms with E-state index in [2.05, 4.69) is 62.4 Å². The van der Waals surface area contributed by atoms with Gasteiger partial charge < -0.3 is 0 Å². The first-order valence-electron chi connectivity index (χ1n) is 5.41. The number of hydrogen-bond donors (Lipinski definition) is 0. The second-order valence-corrected chi connectivity index (χ2v) is 3.41. The van der Waals surface area contributed by atoms with Gasteiger partial charge in [-0.05, 0) is 25.1 Å². The van der Waals surface area contributed by atoms with Crippen LogP contribution in [0.25, 0.3) is 0 Å². The van der Waals surface area contributed by atoms with E-state index in [0.717, 1.165) is 13.1 Å². The minimum atomic E-state index is 0.464. The molecule has 0 amide bonds. The quantitative estimate of drug-likeness (QED) is 0.688. The third kappa shape index (κ3) is 2.58. The fourth-order valence-corrected chi connectivity index (χ4v) is 1.88. The van der Waals surface area contributed by atoms with Gasteiger partial charge in [0.25, 0.3) is 0 Å². The lowest BCUT2D eigenvalue weighted by Gasteiger charge is -2.28. The van der Waals surface area contributed by atoms with E-state index in [0.29, 0.717) is 6.04 Å². The minimum absolute atomic E-state index is 0.464. The van der Waals surface area contributed by atoms with Crippen LogP contribution in [-0.2, 0) is 0 Å². The van der Waals surface area contributed by atoms with Crippen LogP contribution < -0.4 is 0 Å². The molecule has 77 valence electrons. The van der Waals surface area contributed by atoms with Crippen LogP contribution in [0.5, 0.6) is 0 Å². The molecule has 0 saturated heterocycles. The summed E-state index contributed by atoms with van der Waals surface area (Å²) in [5, 5.41) is 0. The van der Waals surface area contributed by atoms with Gasteiger partial charge in [-0.15, -0.1) is 0 Å². The number of nitrogens with zero attached hydrogens (tertiary/aromatic N) is 1. The number of benzene rings is 1. The Kier molecular flexibility index (Phi) is 4.68. The molecule has 1 nitrogen and oxygen atoms in total. The molecule has 0 aliphatic carbocycles. The molecule has 1 heteroatoms. The van der Waals surface area contributed by atoms with Crippen molar-refractivity contribution in [3.05, 3.63) is 42.3 Å². The lowest BCUT2D eigenvalue weighted by Crippen LogP contribution is -2.28. The second-order valence-electron chi connectivity index (χ2n) is 3.41. The van der Waals surface area contributed by atoms with E-state index < -0.39 is 0 Å². The molecule has 0 aromatic heterocycles. The van der Waals surface area contributed by atoms with Gasteiger partial charge in [0.15, 0.2) is 0 Å². The molecule has 0 spiro atoms. The van der Waals surface area contributed by atoms with Crippen molar-refractivity contribution in [2.24, 2.45) is 0 Å². The van der Waals surface area contributed by atoms with Crippen LogP contribution in [0.1, 0.15) is 32.4 Å². The van der Waals surface area contributed by atoms with Crippen molar-refractivity contribution in [1.82, 2.24) is 4.90 Å². The summed E-state index contributed by atoms with van der Waals surface area (Å²) >= 11 is 0. The molecule has 0 N–H and O–H groups in total. The highest BCUT2D eigenvalue weighted by Crippen LogP contribution is 2.22. The molecule has 1 aromatic rings. The molecular weight excluding hydrogens is 170 g/mol. The molecule has 1 aromatic carbocycles. The normalized spacial score (nSPS) is 13.1. The van der Waals surface area contributed by atoms with Gasteiger partial charge in [-0.25, -0.2) is 0 Å². The zero-order chi connectivity index (χ0) is 10.4. The predicted octanol–water partition coefficient (Wildman–Crippen LogP) is 3.29. The summed E-state index contributed by atoms with van der Waals surface area (Å²) in [6.07, 6.45) is 2.27. The fraction of sp³-hybridized carbons (Fsp3) is 0.462. The Morgan fingerprint density at radius 2 is 1.71 bits per heavy atom. The third-order valence-corrected chi connectivity index (χ3v) is 2.66. The lowest BCUT2D eigenvalue weighted by atomic mass is 10.0.